The number of hydrogen-bond donors (Lipinski definition) is 2. The van der Waals surface area contributed by atoms with E-state index in [0.717, 1.165) is 57.8 Å². The first-order valence-electron chi connectivity index (χ1n) is 10.4. The molecule has 0 saturated carbocycles. The van der Waals surface area contributed by atoms with Gasteiger partial charge in [-0.2, -0.15) is 0 Å². The molecule has 5 nitrogen and oxygen atoms in total. The van der Waals surface area contributed by atoms with Gasteiger partial charge in [0.2, 0.25) is 5.91 Å². The topological polar surface area (TPSA) is 70.7 Å². The number of aryl methyl sites for hydroxylation is 1. The van der Waals surface area contributed by atoms with E-state index in [2.05, 4.69) is 55.3 Å². The van der Waals surface area contributed by atoms with Crippen molar-refractivity contribution >= 4 is 35.8 Å². The maximum Gasteiger partial charge on any atom is 0.217 e. The Labute approximate surface area is 187 Å². The zero-order valence-corrected chi connectivity index (χ0v) is 19.9. The van der Waals surface area contributed by atoms with Crippen molar-refractivity contribution in [2.45, 2.75) is 58.8 Å². The average Bonchev–Trinajstić information content (AvgIpc) is 2.64. The molecule has 3 N–H and O–H groups in total. The normalized spacial score (nSPS) is 17.4. The van der Waals surface area contributed by atoms with Crippen LogP contribution in [0, 0.1) is 5.92 Å². The van der Waals surface area contributed by atoms with Gasteiger partial charge in [0.15, 0.2) is 5.96 Å². The van der Waals surface area contributed by atoms with E-state index in [1.807, 2.05) is 0 Å². The van der Waals surface area contributed by atoms with E-state index in [1.54, 1.807) is 0 Å². The van der Waals surface area contributed by atoms with E-state index in [0.29, 0.717) is 18.3 Å². The number of carbonyl (C=O) groups is 1. The fourth-order valence-corrected chi connectivity index (χ4v) is 3.67. The smallest absolute Gasteiger partial charge is 0.217 e. The third kappa shape index (κ3) is 8.37. The van der Waals surface area contributed by atoms with Crippen LogP contribution in [0.15, 0.2) is 29.3 Å². The van der Waals surface area contributed by atoms with Crippen molar-refractivity contribution in [3.8, 4) is 0 Å². The molecule has 1 heterocycles. The molecule has 1 saturated heterocycles. The number of nitrogens with one attached hydrogen (secondary N) is 1. The highest BCUT2D eigenvalue weighted by Gasteiger charge is 2.23. The molecule has 2 rings (SSSR count). The second-order valence-corrected chi connectivity index (χ2v) is 7.86. The molecule has 1 aliphatic heterocycles. The van der Waals surface area contributed by atoms with Crippen LogP contribution < -0.4 is 11.1 Å². The van der Waals surface area contributed by atoms with Crippen LogP contribution in [0.2, 0.25) is 0 Å². The molecule has 1 unspecified atom stereocenters. The fraction of sp³-hybridized carbons (Fsp3) is 0.636. The molecule has 0 spiro atoms. The molecule has 1 atom stereocenters. The van der Waals surface area contributed by atoms with Gasteiger partial charge in [-0.25, -0.2) is 0 Å². The van der Waals surface area contributed by atoms with E-state index in [-0.39, 0.29) is 29.9 Å². The number of nitrogens with two attached hydrogens (primary N) is 1. The van der Waals surface area contributed by atoms with Crippen LogP contribution in [0.4, 0.5) is 0 Å². The summed E-state index contributed by atoms with van der Waals surface area (Å²) in [6, 6.07) is 8.95. The number of likely N-dealkylation sites (tertiary alicyclic amines) is 1. The number of primary amides is 1. The zero-order valence-electron chi connectivity index (χ0n) is 17.6. The van der Waals surface area contributed by atoms with Gasteiger partial charge >= 0.3 is 0 Å². The largest absolute Gasteiger partial charge is 0.370 e. The van der Waals surface area contributed by atoms with Crippen LogP contribution in [0.3, 0.4) is 0 Å². The molecule has 0 bridgehead atoms. The van der Waals surface area contributed by atoms with Crippen LogP contribution >= 0.6 is 24.0 Å². The Bertz CT molecular complexity index is 615. The van der Waals surface area contributed by atoms with E-state index >= 15 is 0 Å². The monoisotopic (exact) mass is 500 g/mol. The predicted octanol–water partition coefficient (Wildman–Crippen LogP) is 3.91. The number of carbonyl (C=O) groups excluding carboxylic acids is 1. The highest BCUT2D eigenvalue weighted by Crippen LogP contribution is 2.19. The van der Waals surface area contributed by atoms with Crippen molar-refractivity contribution in [3.63, 3.8) is 0 Å². The maximum atomic E-state index is 11.2. The van der Waals surface area contributed by atoms with Crippen LogP contribution in [0.5, 0.6) is 0 Å². The molecule has 0 aromatic heterocycles. The SMILES string of the molecule is CCNC(=NCCCc1ccc(C(C)C)cc1)N1CCCC(CC(N)=O)C1.I. The summed E-state index contributed by atoms with van der Waals surface area (Å²) >= 11 is 0. The number of guanidine groups is 1. The minimum atomic E-state index is -0.202. The third-order valence-corrected chi connectivity index (χ3v) is 5.17. The summed E-state index contributed by atoms with van der Waals surface area (Å²) in [4.78, 5) is 18.3. The average molecular weight is 500 g/mol. The minimum Gasteiger partial charge on any atom is -0.370 e. The summed E-state index contributed by atoms with van der Waals surface area (Å²) in [5.74, 6) is 1.70. The van der Waals surface area contributed by atoms with E-state index < -0.39 is 0 Å². The lowest BCUT2D eigenvalue weighted by Crippen LogP contribution is -2.47. The van der Waals surface area contributed by atoms with Gasteiger partial charge in [-0.3, -0.25) is 9.79 Å². The van der Waals surface area contributed by atoms with Crippen LogP contribution in [-0.4, -0.2) is 42.9 Å². The number of amides is 1. The number of nitrogens with zero attached hydrogens (tertiary/aromatic N) is 2. The second kappa shape index (κ2) is 13.0. The Morgan fingerprint density at radius 2 is 2.04 bits per heavy atom. The van der Waals surface area contributed by atoms with Crippen molar-refractivity contribution in [2.24, 2.45) is 16.6 Å². The highest BCUT2D eigenvalue weighted by molar-refractivity contribution is 14.0. The number of hydrogen-bond acceptors (Lipinski definition) is 2. The van der Waals surface area contributed by atoms with Crippen molar-refractivity contribution < 1.29 is 4.79 Å². The number of benzene rings is 1. The van der Waals surface area contributed by atoms with Gasteiger partial charge in [-0.1, -0.05) is 38.1 Å². The van der Waals surface area contributed by atoms with Gasteiger partial charge in [0, 0.05) is 32.6 Å². The second-order valence-electron chi connectivity index (χ2n) is 7.86. The van der Waals surface area contributed by atoms with Gasteiger partial charge < -0.3 is 16.0 Å². The summed E-state index contributed by atoms with van der Waals surface area (Å²) in [6.45, 7) is 10.1. The molecule has 28 heavy (non-hydrogen) atoms. The molecular formula is C22H37IN4O. The van der Waals surface area contributed by atoms with Crippen LogP contribution in [0.25, 0.3) is 0 Å². The molecule has 0 aliphatic carbocycles. The van der Waals surface area contributed by atoms with E-state index in [9.17, 15) is 4.79 Å². The molecular weight excluding hydrogens is 463 g/mol. The van der Waals surface area contributed by atoms with Gasteiger partial charge in [0.1, 0.15) is 0 Å². The number of aliphatic imine (C=N–C) groups is 1. The van der Waals surface area contributed by atoms with Crippen LogP contribution in [0.1, 0.15) is 63.5 Å². The quantitative estimate of drug-likeness (QED) is 0.246. The fourth-order valence-electron chi connectivity index (χ4n) is 3.67. The summed E-state index contributed by atoms with van der Waals surface area (Å²) in [6.07, 6.45) is 4.72. The van der Waals surface area contributed by atoms with E-state index in [1.165, 1.54) is 11.1 Å². The standard InChI is InChI=1S/C22H36N4O.HI/c1-4-24-22(26-14-6-8-19(16-26)15-21(23)27)25-13-5-7-18-9-11-20(12-10-18)17(2)3;/h9-12,17,19H,4-8,13-16H2,1-3H3,(H2,23,27)(H,24,25);1H. The lowest BCUT2D eigenvalue weighted by Gasteiger charge is -2.34. The Morgan fingerprint density at radius 1 is 1.32 bits per heavy atom. The number of rotatable bonds is 8. The summed E-state index contributed by atoms with van der Waals surface area (Å²) in [5.41, 5.74) is 8.14. The highest BCUT2D eigenvalue weighted by atomic mass is 127. The van der Waals surface area contributed by atoms with Gasteiger partial charge in [0.25, 0.3) is 0 Å². The van der Waals surface area contributed by atoms with Crippen molar-refractivity contribution in [1.82, 2.24) is 10.2 Å². The minimum absolute atomic E-state index is 0. The molecule has 1 aromatic carbocycles. The maximum absolute atomic E-state index is 11.2. The number of halogens is 1. The first-order valence-corrected chi connectivity index (χ1v) is 10.4. The first-order chi connectivity index (χ1) is 13.0. The number of piperidine rings is 1. The molecule has 1 amide bonds. The van der Waals surface area contributed by atoms with Crippen molar-refractivity contribution in [1.29, 1.82) is 0 Å². The molecule has 6 heteroatoms. The molecule has 0 radical (unpaired) electrons. The molecule has 1 aromatic rings. The first kappa shape index (κ1) is 24.7. The Morgan fingerprint density at radius 3 is 2.64 bits per heavy atom. The lowest BCUT2D eigenvalue weighted by atomic mass is 9.95. The van der Waals surface area contributed by atoms with E-state index in [4.69, 9.17) is 10.7 Å². The Hall–Kier alpha value is -1.31. The zero-order chi connectivity index (χ0) is 19.6. The predicted molar refractivity (Wildman–Crippen MR) is 128 cm³/mol. The van der Waals surface area contributed by atoms with Crippen LogP contribution in [-0.2, 0) is 11.2 Å². The summed E-state index contributed by atoms with van der Waals surface area (Å²) < 4.78 is 0. The van der Waals surface area contributed by atoms with Crippen molar-refractivity contribution in [3.05, 3.63) is 35.4 Å². The third-order valence-electron chi connectivity index (χ3n) is 5.17. The lowest BCUT2D eigenvalue weighted by molar-refractivity contribution is -0.119. The van der Waals surface area contributed by atoms with Gasteiger partial charge in [0.05, 0.1) is 0 Å². The Kier molecular flexibility index (Phi) is 11.5. The van der Waals surface area contributed by atoms with Gasteiger partial charge in [-0.05, 0) is 55.6 Å². The Balaban J connectivity index is 0.00000392. The molecule has 1 fully saturated rings. The molecule has 158 valence electrons. The van der Waals surface area contributed by atoms with Gasteiger partial charge in [-0.15, -0.1) is 24.0 Å². The van der Waals surface area contributed by atoms with Crippen molar-refractivity contribution in [2.75, 3.05) is 26.2 Å². The summed E-state index contributed by atoms with van der Waals surface area (Å²) in [5, 5.41) is 3.40. The molecule has 1 aliphatic rings. The summed E-state index contributed by atoms with van der Waals surface area (Å²) in [7, 11) is 0.